The molecule has 0 fully saturated rings. The van der Waals surface area contributed by atoms with E-state index in [0.29, 0.717) is 28.5 Å². The van der Waals surface area contributed by atoms with E-state index >= 15 is 0 Å². The van der Waals surface area contributed by atoms with Crippen LogP contribution in [0.25, 0.3) is 0 Å². The van der Waals surface area contributed by atoms with E-state index in [1.165, 1.54) is 23.1 Å². The molecule has 36 heavy (non-hydrogen) atoms. The van der Waals surface area contributed by atoms with Gasteiger partial charge in [-0.05, 0) is 55.7 Å². The minimum Gasteiger partial charge on any atom is -0.352 e. The Balaban J connectivity index is 2.48. The standard InChI is InChI=1S/C24H29Cl4N3O4S/c1-5-15(3)29-24(33)22(6-2)30(13-16-7-9-18(25)20(27)11-16)23(32)14-31(36(4,34)35)17-8-10-19(26)21(28)12-17/h7-12,15,22H,5-6,13-14H2,1-4H3,(H,29,33). The summed E-state index contributed by atoms with van der Waals surface area (Å²) in [6.07, 6.45) is 2.00. The van der Waals surface area contributed by atoms with Crippen LogP contribution >= 0.6 is 46.4 Å². The molecule has 0 bridgehead atoms. The van der Waals surface area contributed by atoms with E-state index in [-0.39, 0.29) is 34.2 Å². The Labute approximate surface area is 232 Å². The van der Waals surface area contributed by atoms with Gasteiger partial charge in [-0.3, -0.25) is 13.9 Å². The highest BCUT2D eigenvalue weighted by atomic mass is 35.5. The molecule has 0 heterocycles. The summed E-state index contributed by atoms with van der Waals surface area (Å²) in [5.74, 6) is -0.913. The molecule has 0 aromatic heterocycles. The molecule has 2 atom stereocenters. The van der Waals surface area contributed by atoms with E-state index < -0.39 is 28.5 Å². The van der Waals surface area contributed by atoms with Crippen molar-refractivity contribution in [1.29, 1.82) is 0 Å². The number of nitrogens with one attached hydrogen (secondary N) is 1. The Bertz CT molecular complexity index is 1210. The average Bonchev–Trinajstić information content (AvgIpc) is 2.80. The van der Waals surface area contributed by atoms with Gasteiger partial charge in [0.05, 0.1) is 32.0 Å². The normalized spacial score (nSPS) is 13.1. The molecule has 2 rings (SSSR count). The second kappa shape index (κ2) is 13.2. The number of hydrogen-bond acceptors (Lipinski definition) is 4. The van der Waals surface area contributed by atoms with Crippen LogP contribution < -0.4 is 9.62 Å². The third-order valence-electron chi connectivity index (χ3n) is 5.59. The van der Waals surface area contributed by atoms with E-state index in [4.69, 9.17) is 46.4 Å². The summed E-state index contributed by atoms with van der Waals surface area (Å²) in [6.45, 7) is 5.05. The summed E-state index contributed by atoms with van der Waals surface area (Å²) in [6, 6.07) is 8.23. The van der Waals surface area contributed by atoms with Gasteiger partial charge in [0, 0.05) is 12.6 Å². The van der Waals surface area contributed by atoms with Gasteiger partial charge in [-0.15, -0.1) is 0 Å². The molecule has 0 aliphatic heterocycles. The maximum absolute atomic E-state index is 13.7. The zero-order valence-corrected chi connectivity index (χ0v) is 24.2. The number of amides is 2. The van der Waals surface area contributed by atoms with E-state index in [2.05, 4.69) is 5.32 Å². The van der Waals surface area contributed by atoms with Gasteiger partial charge in [0.1, 0.15) is 12.6 Å². The first-order valence-corrected chi connectivity index (χ1v) is 14.6. The summed E-state index contributed by atoms with van der Waals surface area (Å²) < 4.78 is 26.2. The number of benzene rings is 2. The summed E-state index contributed by atoms with van der Waals surface area (Å²) >= 11 is 24.3. The predicted octanol–water partition coefficient (Wildman–Crippen LogP) is 5.79. The molecule has 0 radical (unpaired) electrons. The fourth-order valence-electron chi connectivity index (χ4n) is 3.45. The number of anilines is 1. The predicted molar refractivity (Wildman–Crippen MR) is 148 cm³/mol. The minimum atomic E-state index is -3.89. The molecule has 2 amide bonds. The van der Waals surface area contributed by atoms with Crippen molar-refractivity contribution < 1.29 is 18.0 Å². The van der Waals surface area contributed by atoms with Crippen LogP contribution in [0.5, 0.6) is 0 Å². The molecule has 198 valence electrons. The van der Waals surface area contributed by atoms with Crippen LogP contribution in [0, 0.1) is 0 Å². The number of carbonyl (C=O) groups excluding carboxylic acids is 2. The van der Waals surface area contributed by atoms with Gasteiger partial charge in [0.25, 0.3) is 0 Å². The van der Waals surface area contributed by atoms with Crippen LogP contribution in [-0.2, 0) is 26.2 Å². The van der Waals surface area contributed by atoms with Crippen molar-refractivity contribution in [3.8, 4) is 0 Å². The van der Waals surface area contributed by atoms with Crippen molar-refractivity contribution in [2.75, 3.05) is 17.1 Å². The first kappa shape index (κ1) is 30.5. The van der Waals surface area contributed by atoms with Crippen molar-refractivity contribution in [2.24, 2.45) is 0 Å². The summed E-state index contributed by atoms with van der Waals surface area (Å²) in [5.41, 5.74) is 0.805. The third kappa shape index (κ3) is 8.15. The molecular formula is C24H29Cl4N3O4S. The molecular weight excluding hydrogens is 568 g/mol. The zero-order valence-electron chi connectivity index (χ0n) is 20.4. The maximum atomic E-state index is 13.7. The van der Waals surface area contributed by atoms with Gasteiger partial charge in [0.15, 0.2) is 0 Å². The van der Waals surface area contributed by atoms with E-state index in [9.17, 15) is 18.0 Å². The van der Waals surface area contributed by atoms with Gasteiger partial charge in [-0.25, -0.2) is 8.42 Å². The highest BCUT2D eigenvalue weighted by Gasteiger charge is 2.32. The van der Waals surface area contributed by atoms with Crippen LogP contribution in [0.4, 0.5) is 5.69 Å². The highest BCUT2D eigenvalue weighted by Crippen LogP contribution is 2.29. The second-order valence-corrected chi connectivity index (χ2v) is 11.9. The summed E-state index contributed by atoms with van der Waals surface area (Å²) in [4.78, 5) is 28.1. The minimum absolute atomic E-state index is 0.0150. The average molecular weight is 597 g/mol. The molecule has 2 unspecified atom stereocenters. The van der Waals surface area contributed by atoms with Gasteiger partial charge in [-0.2, -0.15) is 0 Å². The molecule has 7 nitrogen and oxygen atoms in total. The molecule has 2 aromatic rings. The molecule has 2 aromatic carbocycles. The third-order valence-corrected chi connectivity index (χ3v) is 8.21. The second-order valence-electron chi connectivity index (χ2n) is 8.38. The molecule has 12 heteroatoms. The largest absolute Gasteiger partial charge is 0.352 e. The van der Waals surface area contributed by atoms with Gasteiger partial charge >= 0.3 is 0 Å². The SMILES string of the molecule is CCC(C)NC(=O)C(CC)N(Cc1ccc(Cl)c(Cl)c1)C(=O)CN(c1ccc(Cl)c(Cl)c1)S(C)(=O)=O. The quantitative estimate of drug-likeness (QED) is 0.356. The number of carbonyl (C=O) groups is 2. The Morgan fingerprint density at radius 3 is 2.00 bits per heavy atom. The first-order chi connectivity index (χ1) is 16.8. The van der Waals surface area contributed by atoms with Crippen molar-refractivity contribution in [2.45, 2.75) is 52.2 Å². The van der Waals surface area contributed by atoms with Crippen molar-refractivity contribution in [3.05, 3.63) is 62.1 Å². The molecule has 0 saturated heterocycles. The van der Waals surface area contributed by atoms with Crippen LogP contribution in [0.3, 0.4) is 0 Å². The van der Waals surface area contributed by atoms with Gasteiger partial charge < -0.3 is 10.2 Å². The Morgan fingerprint density at radius 1 is 0.917 bits per heavy atom. The highest BCUT2D eigenvalue weighted by molar-refractivity contribution is 7.92. The van der Waals surface area contributed by atoms with E-state index in [1.54, 1.807) is 25.1 Å². The number of sulfonamides is 1. The Morgan fingerprint density at radius 2 is 1.50 bits per heavy atom. The van der Waals surface area contributed by atoms with Crippen LogP contribution in [0.1, 0.15) is 39.2 Å². The lowest BCUT2D eigenvalue weighted by Gasteiger charge is -2.33. The fourth-order valence-corrected chi connectivity index (χ4v) is 4.90. The lowest BCUT2D eigenvalue weighted by Crippen LogP contribution is -2.53. The molecule has 0 aliphatic carbocycles. The fraction of sp³-hybridized carbons (Fsp3) is 0.417. The monoisotopic (exact) mass is 595 g/mol. The van der Waals surface area contributed by atoms with Crippen molar-refractivity contribution in [1.82, 2.24) is 10.2 Å². The Kier molecular flexibility index (Phi) is 11.2. The van der Waals surface area contributed by atoms with Crippen LogP contribution in [0.2, 0.25) is 20.1 Å². The Hall–Kier alpha value is -1.71. The van der Waals surface area contributed by atoms with Crippen LogP contribution in [0.15, 0.2) is 36.4 Å². The number of hydrogen-bond donors (Lipinski definition) is 1. The van der Waals surface area contributed by atoms with Crippen molar-refractivity contribution >= 4 is 73.9 Å². The lowest BCUT2D eigenvalue weighted by atomic mass is 10.1. The maximum Gasteiger partial charge on any atom is 0.244 e. The van der Waals surface area contributed by atoms with E-state index in [1.807, 2.05) is 13.8 Å². The first-order valence-electron chi connectivity index (χ1n) is 11.2. The number of nitrogens with zero attached hydrogens (tertiary/aromatic N) is 2. The van der Waals surface area contributed by atoms with Gasteiger partial charge in [0.2, 0.25) is 21.8 Å². The number of halogens is 4. The smallest absolute Gasteiger partial charge is 0.244 e. The summed E-state index contributed by atoms with van der Waals surface area (Å²) in [7, 11) is -3.89. The van der Waals surface area contributed by atoms with E-state index in [0.717, 1.165) is 10.6 Å². The van der Waals surface area contributed by atoms with Crippen LogP contribution in [-0.4, -0.2) is 50.0 Å². The van der Waals surface area contributed by atoms with Gasteiger partial charge in [-0.1, -0.05) is 66.3 Å². The molecule has 0 saturated carbocycles. The number of rotatable bonds is 11. The topological polar surface area (TPSA) is 86.8 Å². The summed E-state index contributed by atoms with van der Waals surface area (Å²) in [5, 5.41) is 3.94. The molecule has 0 spiro atoms. The molecule has 0 aliphatic rings. The lowest BCUT2D eigenvalue weighted by molar-refractivity contribution is -0.140. The zero-order chi connectivity index (χ0) is 27.2. The molecule has 1 N–H and O–H groups in total. The van der Waals surface area contributed by atoms with Crippen molar-refractivity contribution in [3.63, 3.8) is 0 Å².